The van der Waals surface area contributed by atoms with Gasteiger partial charge in [0.15, 0.2) is 0 Å². The summed E-state index contributed by atoms with van der Waals surface area (Å²) >= 11 is 0. The predicted molar refractivity (Wildman–Crippen MR) is 540 cm³/mol. The number of anilines is 6. The smallest absolute Gasteiger partial charge is 0.0467 e. The van der Waals surface area contributed by atoms with Crippen LogP contribution in [0.2, 0.25) is 0 Å². The zero-order chi connectivity index (χ0) is 87.1. The SMILES string of the molecule is CC1(C)c2ccccc2-c2c(-c3ccc(N(c4cccc(-c5cccc6c5-c5ccccc5C6(C)C)c4)c4cccc(-c5cccc6c5-c5ccccc5C6(C)C)c4)cc3)cccc21.CC1(C)c2ccccc2-c2cc(-c3ccc(N(c4cccc(-c5cccc6c5-c5ccccc5C6(C)C)c4)c4cccc(-c5cccc6c5-c5ccccc5C6(C)C)c4)cc3)ccc21. The summed E-state index contributed by atoms with van der Waals surface area (Å²) in [5.74, 6) is 0. The van der Waals surface area contributed by atoms with Gasteiger partial charge < -0.3 is 9.80 Å². The maximum absolute atomic E-state index is 2.45. The molecule has 616 valence electrons. The minimum absolute atomic E-state index is 0.0171. The van der Waals surface area contributed by atoms with Crippen LogP contribution in [0.5, 0.6) is 0 Å². The third kappa shape index (κ3) is 11.9. The molecule has 0 fully saturated rings. The van der Waals surface area contributed by atoms with Crippen molar-refractivity contribution in [2.75, 3.05) is 9.80 Å². The van der Waals surface area contributed by atoms with Crippen LogP contribution < -0.4 is 9.80 Å². The fourth-order valence-electron chi connectivity index (χ4n) is 23.6. The Kier molecular flexibility index (Phi) is 17.8. The van der Waals surface area contributed by atoms with Crippen LogP contribution in [0.15, 0.2) is 400 Å². The van der Waals surface area contributed by atoms with E-state index in [2.05, 4.69) is 493 Å². The summed E-state index contributed by atoms with van der Waals surface area (Å²) in [6.07, 6.45) is 0. The number of benzene rings is 18. The van der Waals surface area contributed by atoms with Crippen molar-refractivity contribution < 1.29 is 0 Å². The Bertz CT molecular complexity index is 7320. The highest BCUT2D eigenvalue weighted by Gasteiger charge is 2.43. The van der Waals surface area contributed by atoms with Gasteiger partial charge in [-0.25, -0.2) is 0 Å². The van der Waals surface area contributed by atoms with E-state index in [1.165, 1.54) is 200 Å². The van der Waals surface area contributed by atoms with Gasteiger partial charge >= 0.3 is 0 Å². The van der Waals surface area contributed by atoms with Crippen molar-refractivity contribution in [2.24, 2.45) is 0 Å². The van der Waals surface area contributed by atoms with Crippen molar-refractivity contribution in [3.8, 4) is 134 Å². The van der Waals surface area contributed by atoms with E-state index in [1.807, 2.05) is 0 Å². The van der Waals surface area contributed by atoms with E-state index >= 15 is 0 Å². The number of hydrogen-bond acceptors (Lipinski definition) is 2. The zero-order valence-electron chi connectivity index (χ0n) is 75.0. The number of fused-ring (bicyclic) bond motifs is 18. The average molecular weight is 1640 g/mol. The van der Waals surface area contributed by atoms with E-state index in [9.17, 15) is 0 Å². The molecule has 128 heavy (non-hydrogen) atoms. The normalized spacial score (nSPS) is 15.1. The van der Waals surface area contributed by atoms with Crippen LogP contribution in [0.4, 0.5) is 34.1 Å². The standard InChI is InChI=1S/2C63H51N/c1-61(2)52-28-10-7-22-49(52)58-46(25-15-31-55(58)61)40-34-36-43(37-35-40)64(44-20-13-18-41(38-44)47-26-16-32-56-59(47)50-23-8-11-29-53(50)62(56,3)4)45-21-14-19-42(39-45)48-27-17-33-57-60(48)51-24-9-12-30-54(51)63(57,5)6;1-61(2)53-26-10-7-21-49(53)52-39-41(33-36-56(52)61)40-31-34-44(35-32-40)64(45-19-13-17-42(37-45)47-24-15-29-57-59(47)50-22-8-11-27-54(50)62(57,3)4)46-20-14-18-43(38-46)48-25-16-30-58-60(48)51-23-9-12-28-55(51)63(58,5)6/h2*7-39H,1-6H3. The molecule has 0 heterocycles. The Labute approximate surface area is 754 Å². The van der Waals surface area contributed by atoms with Gasteiger partial charge in [-0.3, -0.25) is 0 Å². The van der Waals surface area contributed by atoms with E-state index in [0.29, 0.717) is 0 Å². The second-order valence-electron chi connectivity index (χ2n) is 39.4. The summed E-state index contributed by atoms with van der Waals surface area (Å²) in [7, 11) is 0. The highest BCUT2D eigenvalue weighted by molar-refractivity contribution is 6.01. The summed E-state index contributed by atoms with van der Waals surface area (Å²) in [6, 6.07) is 150. The molecule has 2 heteroatoms. The first-order valence-corrected chi connectivity index (χ1v) is 45.7. The van der Waals surface area contributed by atoms with Crippen LogP contribution in [0, 0.1) is 0 Å². The van der Waals surface area contributed by atoms with Gasteiger partial charge in [0.25, 0.3) is 0 Å². The Balaban J connectivity index is 0.000000146. The van der Waals surface area contributed by atoms with Gasteiger partial charge in [0.1, 0.15) is 0 Å². The zero-order valence-corrected chi connectivity index (χ0v) is 75.0. The molecule has 0 saturated carbocycles. The molecule has 18 aromatic rings. The summed E-state index contributed by atoms with van der Waals surface area (Å²) in [4.78, 5) is 4.90. The maximum Gasteiger partial charge on any atom is 0.0467 e. The fraction of sp³-hybridized carbons (Fsp3) is 0.143. The third-order valence-electron chi connectivity index (χ3n) is 30.2. The Morgan fingerprint density at radius 1 is 0.125 bits per heavy atom. The molecule has 0 aliphatic heterocycles. The van der Waals surface area contributed by atoms with Crippen molar-refractivity contribution in [1.29, 1.82) is 0 Å². The molecule has 6 aliphatic rings. The molecule has 0 radical (unpaired) electrons. The first-order chi connectivity index (χ1) is 62.0. The molecule has 0 amide bonds. The highest BCUT2D eigenvalue weighted by Crippen LogP contribution is 2.60. The van der Waals surface area contributed by atoms with Crippen molar-refractivity contribution in [2.45, 2.75) is 116 Å². The lowest BCUT2D eigenvalue weighted by Gasteiger charge is -2.27. The molecule has 0 unspecified atom stereocenters. The second kappa shape index (κ2) is 29.1. The molecule has 6 aliphatic carbocycles. The van der Waals surface area contributed by atoms with E-state index < -0.39 is 0 Å². The van der Waals surface area contributed by atoms with Crippen LogP contribution in [-0.4, -0.2) is 0 Å². The van der Waals surface area contributed by atoms with E-state index in [4.69, 9.17) is 0 Å². The lowest BCUT2D eigenvalue weighted by molar-refractivity contribution is 0.660. The van der Waals surface area contributed by atoms with Gasteiger partial charge in [0, 0.05) is 66.6 Å². The summed E-state index contributed by atoms with van der Waals surface area (Å²) in [5, 5.41) is 0. The highest BCUT2D eigenvalue weighted by atomic mass is 15.1. The quantitative estimate of drug-likeness (QED) is 0.120. The van der Waals surface area contributed by atoms with Gasteiger partial charge in [-0.1, -0.05) is 405 Å². The Hall–Kier alpha value is -14.4. The largest absolute Gasteiger partial charge is 0.310 e. The molecule has 0 N–H and O–H groups in total. The monoisotopic (exact) mass is 1640 g/mol. The number of nitrogens with zero attached hydrogens (tertiary/aromatic N) is 2. The summed E-state index contributed by atoms with van der Waals surface area (Å²) < 4.78 is 0. The van der Waals surface area contributed by atoms with Crippen molar-refractivity contribution in [3.05, 3.63) is 467 Å². The average Bonchev–Trinajstić information content (AvgIpc) is 1.64. The fourth-order valence-corrected chi connectivity index (χ4v) is 23.6. The van der Waals surface area contributed by atoms with Crippen molar-refractivity contribution >= 4 is 34.1 Å². The third-order valence-corrected chi connectivity index (χ3v) is 30.2. The summed E-state index contributed by atoms with van der Waals surface area (Å²) in [6.45, 7) is 28.3. The van der Waals surface area contributed by atoms with Gasteiger partial charge in [-0.05, 0) is 279 Å². The predicted octanol–water partition coefficient (Wildman–Crippen LogP) is 34.2. The van der Waals surface area contributed by atoms with Gasteiger partial charge in [-0.2, -0.15) is 0 Å². The van der Waals surface area contributed by atoms with Gasteiger partial charge in [-0.15, -0.1) is 0 Å². The maximum atomic E-state index is 2.45. The first kappa shape index (κ1) is 78.3. The van der Waals surface area contributed by atoms with Crippen LogP contribution in [-0.2, 0) is 32.5 Å². The van der Waals surface area contributed by atoms with Gasteiger partial charge in [0.2, 0.25) is 0 Å². The topological polar surface area (TPSA) is 6.48 Å². The minimum atomic E-state index is -0.0716. The molecular formula is C126H102N2. The Morgan fingerprint density at radius 2 is 0.328 bits per heavy atom. The van der Waals surface area contributed by atoms with Gasteiger partial charge in [0.05, 0.1) is 0 Å². The van der Waals surface area contributed by atoms with Crippen LogP contribution in [0.3, 0.4) is 0 Å². The number of hydrogen-bond donors (Lipinski definition) is 0. The molecule has 0 saturated heterocycles. The van der Waals surface area contributed by atoms with Crippen molar-refractivity contribution in [1.82, 2.24) is 0 Å². The lowest BCUT2D eigenvalue weighted by atomic mass is 9.82. The lowest BCUT2D eigenvalue weighted by Crippen LogP contribution is -2.14. The minimum Gasteiger partial charge on any atom is -0.310 e. The van der Waals surface area contributed by atoms with Crippen LogP contribution >= 0.6 is 0 Å². The molecular weight excluding hydrogens is 1540 g/mol. The van der Waals surface area contributed by atoms with E-state index in [1.54, 1.807) is 0 Å². The first-order valence-electron chi connectivity index (χ1n) is 45.7. The summed E-state index contributed by atoms with van der Waals surface area (Å²) in [5.41, 5.74) is 54.0. The molecule has 0 spiro atoms. The molecule has 0 bridgehead atoms. The van der Waals surface area contributed by atoms with Crippen LogP contribution in [0.25, 0.3) is 134 Å². The number of rotatable bonds is 12. The molecule has 0 atom stereocenters. The van der Waals surface area contributed by atoms with E-state index in [0.717, 1.165) is 34.1 Å². The van der Waals surface area contributed by atoms with Crippen LogP contribution in [0.1, 0.15) is 150 Å². The van der Waals surface area contributed by atoms with E-state index in [-0.39, 0.29) is 32.5 Å². The molecule has 2 nitrogen and oxygen atoms in total. The van der Waals surface area contributed by atoms with Crippen molar-refractivity contribution in [3.63, 3.8) is 0 Å². The molecule has 0 aromatic heterocycles. The molecule has 24 rings (SSSR count). The Morgan fingerprint density at radius 3 is 0.617 bits per heavy atom. The molecule has 18 aromatic carbocycles. The second-order valence-corrected chi connectivity index (χ2v) is 39.4.